The molecule has 2 aromatic rings. The minimum absolute atomic E-state index is 0.145. The molecule has 1 aliphatic rings. The monoisotopic (exact) mass is 291 g/mol. The highest BCUT2D eigenvalue weighted by Crippen LogP contribution is 2.11. The normalized spacial score (nSPS) is 13.7. The number of nitrogens with zero attached hydrogens (tertiary/aromatic N) is 1. The molecular weight excluding hydrogens is 274 g/mol. The maximum absolute atomic E-state index is 11.9. The van der Waals surface area contributed by atoms with E-state index in [4.69, 9.17) is 0 Å². The smallest absolute Gasteiger partial charge is 0.248 e. The van der Waals surface area contributed by atoms with Crippen molar-refractivity contribution in [1.82, 2.24) is 5.32 Å². The molecule has 0 saturated heterocycles. The van der Waals surface area contributed by atoms with Gasteiger partial charge in [-0.3, -0.25) is 9.79 Å². The van der Waals surface area contributed by atoms with E-state index in [1.807, 2.05) is 54.6 Å². The summed E-state index contributed by atoms with van der Waals surface area (Å²) in [5.74, 6) is 0.773. The molecule has 2 N–H and O–H groups in total. The predicted octanol–water partition coefficient (Wildman–Crippen LogP) is 2.69. The quantitative estimate of drug-likeness (QED) is 0.851. The Hall–Kier alpha value is -2.88. The highest BCUT2D eigenvalue weighted by Gasteiger charge is 2.07. The topological polar surface area (TPSA) is 53.5 Å². The first-order valence-electron chi connectivity index (χ1n) is 7.24. The maximum atomic E-state index is 11.9. The third-order valence-corrected chi connectivity index (χ3v) is 3.33. The van der Waals surface area contributed by atoms with E-state index in [0.717, 1.165) is 35.7 Å². The molecule has 0 radical (unpaired) electrons. The number of aliphatic imine (C=N–C) groups is 1. The average Bonchev–Trinajstić information content (AvgIpc) is 3.09. The van der Waals surface area contributed by atoms with Gasteiger partial charge in [0.15, 0.2) is 0 Å². The Labute approximate surface area is 129 Å². The number of amidine groups is 1. The molecule has 0 atom stereocenters. The van der Waals surface area contributed by atoms with Gasteiger partial charge in [0, 0.05) is 23.9 Å². The van der Waals surface area contributed by atoms with Gasteiger partial charge in [0.1, 0.15) is 5.84 Å². The summed E-state index contributed by atoms with van der Waals surface area (Å²) in [6.45, 7) is 1.70. The second kappa shape index (κ2) is 6.72. The van der Waals surface area contributed by atoms with Crippen molar-refractivity contribution in [2.24, 2.45) is 4.99 Å². The molecule has 0 bridgehead atoms. The van der Waals surface area contributed by atoms with Gasteiger partial charge in [0.25, 0.3) is 0 Å². The van der Waals surface area contributed by atoms with Crippen molar-refractivity contribution in [3.63, 3.8) is 0 Å². The fourth-order valence-electron chi connectivity index (χ4n) is 2.22. The summed E-state index contributed by atoms with van der Waals surface area (Å²) in [5.41, 5.74) is 2.80. The van der Waals surface area contributed by atoms with Crippen molar-refractivity contribution in [3.8, 4) is 0 Å². The van der Waals surface area contributed by atoms with Crippen LogP contribution < -0.4 is 10.6 Å². The van der Waals surface area contributed by atoms with Gasteiger partial charge in [-0.25, -0.2) is 0 Å². The molecule has 1 amide bonds. The van der Waals surface area contributed by atoms with Crippen LogP contribution in [0.5, 0.6) is 0 Å². The van der Waals surface area contributed by atoms with Crippen LogP contribution in [-0.4, -0.2) is 24.8 Å². The number of carbonyl (C=O) groups excluding carboxylic acids is 1. The molecule has 4 nitrogen and oxygen atoms in total. The number of nitrogens with one attached hydrogen (secondary N) is 2. The van der Waals surface area contributed by atoms with Crippen LogP contribution >= 0.6 is 0 Å². The predicted molar refractivity (Wildman–Crippen MR) is 90.0 cm³/mol. The molecule has 0 aliphatic carbocycles. The molecule has 1 aliphatic heterocycles. The number of hydrogen-bond acceptors (Lipinski definition) is 3. The van der Waals surface area contributed by atoms with Gasteiger partial charge in [-0.2, -0.15) is 0 Å². The van der Waals surface area contributed by atoms with Gasteiger partial charge in [-0.1, -0.05) is 30.3 Å². The summed E-state index contributed by atoms with van der Waals surface area (Å²) < 4.78 is 0. The fraction of sp³-hybridized carbons (Fsp3) is 0.111. The molecule has 0 fully saturated rings. The van der Waals surface area contributed by atoms with Gasteiger partial charge in [-0.05, 0) is 35.9 Å². The van der Waals surface area contributed by atoms with Gasteiger partial charge < -0.3 is 10.6 Å². The molecule has 0 saturated carbocycles. The maximum Gasteiger partial charge on any atom is 0.248 e. The van der Waals surface area contributed by atoms with E-state index in [2.05, 4.69) is 15.6 Å². The van der Waals surface area contributed by atoms with E-state index >= 15 is 0 Å². The van der Waals surface area contributed by atoms with Crippen LogP contribution in [0.25, 0.3) is 6.08 Å². The van der Waals surface area contributed by atoms with E-state index in [1.54, 1.807) is 6.08 Å². The first kappa shape index (κ1) is 14.1. The van der Waals surface area contributed by atoms with Gasteiger partial charge in [0.2, 0.25) is 5.91 Å². The standard InChI is InChI=1S/C18H17N3O/c22-17(11-6-14-4-2-1-3-5-14)21-16-9-7-15(8-10-16)18-19-12-13-20-18/h1-11H,12-13H2,(H,19,20)(H,21,22)/b11-6+. The van der Waals surface area contributed by atoms with Gasteiger partial charge >= 0.3 is 0 Å². The third-order valence-electron chi connectivity index (χ3n) is 3.33. The average molecular weight is 291 g/mol. The zero-order valence-electron chi connectivity index (χ0n) is 12.1. The van der Waals surface area contributed by atoms with Crippen LogP contribution in [0.4, 0.5) is 5.69 Å². The number of benzene rings is 2. The van der Waals surface area contributed by atoms with E-state index in [-0.39, 0.29) is 5.91 Å². The summed E-state index contributed by atoms with van der Waals surface area (Å²) >= 11 is 0. The molecule has 4 heteroatoms. The lowest BCUT2D eigenvalue weighted by molar-refractivity contribution is -0.111. The van der Waals surface area contributed by atoms with Crippen LogP contribution in [0, 0.1) is 0 Å². The zero-order chi connectivity index (χ0) is 15.2. The zero-order valence-corrected chi connectivity index (χ0v) is 12.1. The van der Waals surface area contributed by atoms with Crippen molar-refractivity contribution in [2.75, 3.05) is 18.4 Å². The van der Waals surface area contributed by atoms with E-state index < -0.39 is 0 Å². The van der Waals surface area contributed by atoms with Crippen molar-refractivity contribution in [3.05, 3.63) is 71.8 Å². The fourth-order valence-corrected chi connectivity index (χ4v) is 2.22. The van der Waals surface area contributed by atoms with Crippen molar-refractivity contribution in [1.29, 1.82) is 0 Å². The summed E-state index contributed by atoms with van der Waals surface area (Å²) in [5, 5.41) is 6.07. The number of rotatable bonds is 4. The second-order valence-corrected chi connectivity index (χ2v) is 4.97. The Morgan fingerprint density at radius 3 is 2.55 bits per heavy atom. The molecule has 1 heterocycles. The Bertz CT molecular complexity index is 703. The molecule has 0 aromatic heterocycles. The number of amides is 1. The minimum atomic E-state index is -0.145. The molecule has 22 heavy (non-hydrogen) atoms. The number of hydrogen-bond donors (Lipinski definition) is 2. The Morgan fingerprint density at radius 2 is 1.86 bits per heavy atom. The van der Waals surface area contributed by atoms with Crippen molar-refractivity contribution < 1.29 is 4.79 Å². The van der Waals surface area contributed by atoms with E-state index in [9.17, 15) is 4.79 Å². The van der Waals surface area contributed by atoms with Crippen LogP contribution in [0.3, 0.4) is 0 Å². The van der Waals surface area contributed by atoms with Crippen LogP contribution in [0.2, 0.25) is 0 Å². The van der Waals surface area contributed by atoms with Gasteiger partial charge in [-0.15, -0.1) is 0 Å². The van der Waals surface area contributed by atoms with Crippen LogP contribution in [-0.2, 0) is 4.79 Å². The Kier molecular flexibility index (Phi) is 4.30. The summed E-state index contributed by atoms with van der Waals surface area (Å²) in [4.78, 5) is 16.3. The van der Waals surface area contributed by atoms with Crippen LogP contribution in [0.15, 0.2) is 65.7 Å². The highest BCUT2D eigenvalue weighted by molar-refractivity contribution is 6.03. The van der Waals surface area contributed by atoms with Gasteiger partial charge in [0.05, 0.1) is 6.54 Å². The molecule has 110 valence electrons. The van der Waals surface area contributed by atoms with Crippen molar-refractivity contribution in [2.45, 2.75) is 0 Å². The molecule has 3 rings (SSSR count). The van der Waals surface area contributed by atoms with Crippen molar-refractivity contribution >= 4 is 23.5 Å². The summed E-state index contributed by atoms with van der Waals surface area (Å²) in [6, 6.07) is 17.4. The Balaban J connectivity index is 1.60. The SMILES string of the molecule is O=C(/C=C/c1ccccc1)Nc1ccc(C2=NCCN2)cc1. The van der Waals surface area contributed by atoms with Crippen LogP contribution in [0.1, 0.15) is 11.1 Å². The number of carbonyl (C=O) groups is 1. The molecule has 2 aromatic carbocycles. The number of anilines is 1. The highest BCUT2D eigenvalue weighted by atomic mass is 16.1. The second-order valence-electron chi connectivity index (χ2n) is 4.97. The third kappa shape index (κ3) is 3.61. The summed E-state index contributed by atoms with van der Waals surface area (Å²) in [7, 11) is 0. The first-order chi connectivity index (χ1) is 10.8. The molecular formula is C18H17N3O. The molecule has 0 spiro atoms. The lowest BCUT2D eigenvalue weighted by atomic mass is 10.2. The molecule has 0 unspecified atom stereocenters. The summed E-state index contributed by atoms with van der Waals surface area (Å²) in [6.07, 6.45) is 3.33. The lowest BCUT2D eigenvalue weighted by Gasteiger charge is -2.05. The Morgan fingerprint density at radius 1 is 1.09 bits per heavy atom. The minimum Gasteiger partial charge on any atom is -0.368 e. The van der Waals surface area contributed by atoms with E-state index in [0.29, 0.717) is 0 Å². The lowest BCUT2D eigenvalue weighted by Crippen LogP contribution is -2.19. The van der Waals surface area contributed by atoms with E-state index in [1.165, 1.54) is 6.08 Å². The largest absolute Gasteiger partial charge is 0.368 e. The first-order valence-corrected chi connectivity index (χ1v) is 7.24.